The van der Waals surface area contributed by atoms with Gasteiger partial charge in [0.2, 0.25) is 0 Å². The van der Waals surface area contributed by atoms with Gasteiger partial charge >= 0.3 is 5.56 Å². The molecule has 1 aliphatic heterocycles. The van der Waals surface area contributed by atoms with Crippen LogP contribution in [0.15, 0.2) is 17.2 Å². The minimum Gasteiger partial charge on any atom is -0.474 e. The molecule has 0 radical (unpaired) electrons. The second kappa shape index (κ2) is 5.12. The Labute approximate surface area is 94.5 Å². The molecule has 5 heteroatoms. The van der Waals surface area contributed by atoms with Gasteiger partial charge in [-0.1, -0.05) is 0 Å². The number of aromatic nitrogens is 2. The van der Waals surface area contributed by atoms with Crippen LogP contribution in [0.1, 0.15) is 12.8 Å². The molecule has 1 aromatic heterocycles. The van der Waals surface area contributed by atoms with E-state index in [9.17, 15) is 4.79 Å². The molecule has 0 saturated carbocycles. The fraction of sp³-hybridized carbons (Fsp3) is 0.636. The van der Waals surface area contributed by atoms with Crippen molar-refractivity contribution in [2.75, 3.05) is 19.7 Å². The first-order chi connectivity index (χ1) is 7.77. The molecule has 5 nitrogen and oxygen atoms in total. The van der Waals surface area contributed by atoms with Gasteiger partial charge in [-0.25, -0.2) is 4.98 Å². The molecular formula is C11H17N3O2. The number of aryl methyl sites for hydroxylation is 1. The van der Waals surface area contributed by atoms with Crippen molar-refractivity contribution in [2.24, 2.45) is 13.0 Å². The lowest BCUT2D eigenvalue weighted by Gasteiger charge is -2.09. The fourth-order valence-corrected chi connectivity index (χ4v) is 1.86. The topological polar surface area (TPSA) is 56.1 Å². The predicted molar refractivity (Wildman–Crippen MR) is 60.6 cm³/mol. The first-order valence-electron chi connectivity index (χ1n) is 5.62. The van der Waals surface area contributed by atoms with Gasteiger partial charge < -0.3 is 14.6 Å². The molecule has 0 aromatic carbocycles. The molecule has 0 aliphatic carbocycles. The number of rotatable bonds is 4. The van der Waals surface area contributed by atoms with Gasteiger partial charge in [-0.15, -0.1) is 0 Å². The van der Waals surface area contributed by atoms with Crippen LogP contribution < -0.4 is 15.6 Å². The maximum absolute atomic E-state index is 11.6. The minimum absolute atomic E-state index is 0.174. The Morgan fingerprint density at radius 2 is 2.56 bits per heavy atom. The molecule has 88 valence electrons. The van der Waals surface area contributed by atoms with Crippen molar-refractivity contribution >= 4 is 0 Å². The smallest absolute Gasteiger partial charge is 0.313 e. The quantitative estimate of drug-likeness (QED) is 0.790. The lowest BCUT2D eigenvalue weighted by Crippen LogP contribution is -2.21. The summed E-state index contributed by atoms with van der Waals surface area (Å²) in [7, 11) is 1.69. The molecule has 1 aromatic rings. The number of hydrogen-bond acceptors (Lipinski definition) is 4. The van der Waals surface area contributed by atoms with Crippen LogP contribution in [-0.2, 0) is 7.05 Å². The first-order valence-corrected chi connectivity index (χ1v) is 5.62. The maximum Gasteiger partial charge on any atom is 0.313 e. The molecule has 0 amide bonds. The highest BCUT2D eigenvalue weighted by Gasteiger charge is 2.14. The number of nitrogens with zero attached hydrogens (tertiary/aromatic N) is 2. The van der Waals surface area contributed by atoms with Gasteiger partial charge in [0.15, 0.2) is 0 Å². The van der Waals surface area contributed by atoms with E-state index < -0.39 is 0 Å². The third-order valence-corrected chi connectivity index (χ3v) is 2.91. The van der Waals surface area contributed by atoms with Gasteiger partial charge in [0.25, 0.3) is 5.88 Å². The zero-order valence-electron chi connectivity index (χ0n) is 9.48. The molecule has 2 rings (SSSR count). The van der Waals surface area contributed by atoms with E-state index in [-0.39, 0.29) is 11.4 Å². The number of hydrogen-bond donors (Lipinski definition) is 1. The van der Waals surface area contributed by atoms with Crippen LogP contribution in [-0.4, -0.2) is 29.2 Å². The summed E-state index contributed by atoms with van der Waals surface area (Å²) >= 11 is 0. The van der Waals surface area contributed by atoms with Crippen molar-refractivity contribution < 1.29 is 4.74 Å². The average molecular weight is 223 g/mol. The van der Waals surface area contributed by atoms with Crippen molar-refractivity contribution in [1.82, 2.24) is 14.9 Å². The summed E-state index contributed by atoms with van der Waals surface area (Å²) in [6.07, 6.45) is 5.38. The second-order valence-electron chi connectivity index (χ2n) is 4.14. The molecule has 1 fully saturated rings. The van der Waals surface area contributed by atoms with E-state index in [4.69, 9.17) is 4.74 Å². The lowest BCUT2D eigenvalue weighted by molar-refractivity contribution is 0.268. The van der Waals surface area contributed by atoms with Crippen molar-refractivity contribution in [3.63, 3.8) is 0 Å². The molecule has 1 unspecified atom stereocenters. The SMILES string of the molecule is Cn1ccnc(OCCC2CCNC2)c1=O. The van der Waals surface area contributed by atoms with Crippen LogP contribution in [0.2, 0.25) is 0 Å². The van der Waals surface area contributed by atoms with Crippen molar-refractivity contribution in [1.29, 1.82) is 0 Å². The Balaban J connectivity index is 1.85. The van der Waals surface area contributed by atoms with E-state index in [1.807, 2.05) is 0 Å². The Hall–Kier alpha value is -1.36. The van der Waals surface area contributed by atoms with Crippen molar-refractivity contribution in [3.05, 3.63) is 22.7 Å². The van der Waals surface area contributed by atoms with Crippen LogP contribution in [0.3, 0.4) is 0 Å². The molecule has 0 spiro atoms. The Morgan fingerprint density at radius 1 is 1.69 bits per heavy atom. The van der Waals surface area contributed by atoms with E-state index in [1.54, 1.807) is 19.4 Å². The summed E-state index contributed by atoms with van der Waals surface area (Å²) in [6.45, 7) is 2.72. The third-order valence-electron chi connectivity index (χ3n) is 2.91. The van der Waals surface area contributed by atoms with Crippen LogP contribution in [0.25, 0.3) is 0 Å². The maximum atomic E-state index is 11.6. The molecule has 1 N–H and O–H groups in total. The highest BCUT2D eigenvalue weighted by Crippen LogP contribution is 2.12. The molecule has 0 bridgehead atoms. The van der Waals surface area contributed by atoms with E-state index in [1.165, 1.54) is 11.0 Å². The monoisotopic (exact) mass is 223 g/mol. The van der Waals surface area contributed by atoms with E-state index in [2.05, 4.69) is 10.3 Å². The molecule has 1 atom stereocenters. The van der Waals surface area contributed by atoms with Gasteiger partial charge in [-0.2, -0.15) is 0 Å². The summed E-state index contributed by atoms with van der Waals surface area (Å²) in [5.74, 6) is 0.878. The summed E-state index contributed by atoms with van der Waals surface area (Å²) in [5, 5.41) is 3.30. The minimum atomic E-state index is -0.174. The van der Waals surface area contributed by atoms with Crippen LogP contribution in [0.4, 0.5) is 0 Å². The Morgan fingerprint density at radius 3 is 3.31 bits per heavy atom. The molecular weight excluding hydrogens is 206 g/mol. The molecule has 1 aliphatic rings. The van der Waals surface area contributed by atoms with Gasteiger partial charge in [0.05, 0.1) is 6.61 Å². The van der Waals surface area contributed by atoms with Gasteiger partial charge in [0, 0.05) is 19.4 Å². The molecule has 1 saturated heterocycles. The summed E-state index contributed by atoms with van der Waals surface area (Å²) < 4.78 is 6.88. The Bertz CT molecular complexity index is 396. The first kappa shape index (κ1) is 11.1. The van der Waals surface area contributed by atoms with Crippen molar-refractivity contribution in [2.45, 2.75) is 12.8 Å². The zero-order chi connectivity index (χ0) is 11.4. The number of nitrogens with one attached hydrogen (secondary N) is 1. The normalized spacial score (nSPS) is 19.9. The number of ether oxygens (including phenoxy) is 1. The molecule has 16 heavy (non-hydrogen) atoms. The highest BCUT2D eigenvalue weighted by molar-refractivity contribution is 5.03. The third kappa shape index (κ3) is 2.61. The summed E-state index contributed by atoms with van der Waals surface area (Å²) in [5.41, 5.74) is -0.174. The van der Waals surface area contributed by atoms with Crippen LogP contribution in [0.5, 0.6) is 5.88 Å². The second-order valence-corrected chi connectivity index (χ2v) is 4.14. The lowest BCUT2D eigenvalue weighted by atomic mass is 10.1. The van der Waals surface area contributed by atoms with E-state index in [0.717, 1.165) is 19.5 Å². The predicted octanol–water partition coefficient (Wildman–Crippen LogP) is 0.159. The van der Waals surface area contributed by atoms with Gasteiger partial charge in [0.1, 0.15) is 0 Å². The van der Waals surface area contributed by atoms with E-state index >= 15 is 0 Å². The largest absolute Gasteiger partial charge is 0.474 e. The fourth-order valence-electron chi connectivity index (χ4n) is 1.86. The van der Waals surface area contributed by atoms with Crippen LogP contribution in [0, 0.1) is 5.92 Å². The molecule has 2 heterocycles. The summed E-state index contributed by atoms with van der Waals surface area (Å²) in [6, 6.07) is 0. The van der Waals surface area contributed by atoms with Gasteiger partial charge in [-0.3, -0.25) is 4.79 Å². The standard InChI is InChI=1S/C11H17N3O2/c1-14-6-5-13-10(11(14)15)16-7-3-9-2-4-12-8-9/h5-6,9,12H,2-4,7-8H2,1H3. The Kier molecular flexibility index (Phi) is 3.56. The summed E-state index contributed by atoms with van der Waals surface area (Å²) in [4.78, 5) is 15.5. The van der Waals surface area contributed by atoms with E-state index in [0.29, 0.717) is 12.5 Å². The van der Waals surface area contributed by atoms with Gasteiger partial charge in [-0.05, 0) is 31.8 Å². The average Bonchev–Trinajstić information content (AvgIpc) is 2.77. The van der Waals surface area contributed by atoms with Crippen molar-refractivity contribution in [3.8, 4) is 5.88 Å². The zero-order valence-corrected chi connectivity index (χ0v) is 9.48. The highest BCUT2D eigenvalue weighted by atomic mass is 16.5. The van der Waals surface area contributed by atoms with Crippen LogP contribution >= 0.6 is 0 Å².